The SMILES string of the molecule is Cc1cc(C)c(C(=O)C(C)Sc2nnc(C(F)(F)F)n2C)cc1C. The highest BCUT2D eigenvalue weighted by atomic mass is 32.2. The van der Waals surface area contributed by atoms with Gasteiger partial charge in [-0.15, -0.1) is 10.2 Å². The molecule has 1 aromatic heterocycles. The van der Waals surface area contributed by atoms with E-state index in [0.717, 1.165) is 33.0 Å². The van der Waals surface area contributed by atoms with Crippen molar-refractivity contribution in [1.82, 2.24) is 14.8 Å². The van der Waals surface area contributed by atoms with Crippen molar-refractivity contribution in [2.24, 2.45) is 7.05 Å². The van der Waals surface area contributed by atoms with E-state index >= 15 is 0 Å². The van der Waals surface area contributed by atoms with Crippen molar-refractivity contribution >= 4 is 17.5 Å². The van der Waals surface area contributed by atoms with Gasteiger partial charge in [-0.05, 0) is 50.5 Å². The second-order valence-electron chi connectivity index (χ2n) is 5.74. The van der Waals surface area contributed by atoms with Crippen molar-refractivity contribution in [3.8, 4) is 0 Å². The van der Waals surface area contributed by atoms with Gasteiger partial charge < -0.3 is 4.57 Å². The lowest BCUT2D eigenvalue weighted by Crippen LogP contribution is -2.17. The van der Waals surface area contributed by atoms with Crippen LogP contribution in [0.2, 0.25) is 0 Å². The number of aryl methyl sites for hydroxylation is 3. The van der Waals surface area contributed by atoms with E-state index in [1.165, 1.54) is 7.05 Å². The van der Waals surface area contributed by atoms with E-state index in [1.807, 2.05) is 32.9 Å². The lowest BCUT2D eigenvalue weighted by atomic mass is 9.97. The molecule has 0 aliphatic heterocycles. The Morgan fingerprint density at radius 2 is 1.71 bits per heavy atom. The van der Waals surface area contributed by atoms with Crippen LogP contribution < -0.4 is 0 Å². The van der Waals surface area contributed by atoms with Crippen LogP contribution in [-0.2, 0) is 13.2 Å². The Balaban J connectivity index is 2.25. The summed E-state index contributed by atoms with van der Waals surface area (Å²) in [6.07, 6.45) is -4.57. The molecule has 0 saturated heterocycles. The maximum absolute atomic E-state index is 12.8. The molecule has 0 aliphatic carbocycles. The number of rotatable bonds is 4. The number of thioether (sulfide) groups is 1. The molecule has 4 nitrogen and oxygen atoms in total. The molecule has 1 unspecified atom stereocenters. The summed E-state index contributed by atoms with van der Waals surface area (Å²) < 4.78 is 39.1. The van der Waals surface area contributed by atoms with Crippen LogP contribution in [0.1, 0.15) is 39.8 Å². The average molecular weight is 357 g/mol. The molecule has 130 valence electrons. The molecule has 0 aliphatic rings. The van der Waals surface area contributed by atoms with Gasteiger partial charge in [-0.1, -0.05) is 17.8 Å². The highest BCUT2D eigenvalue weighted by Crippen LogP contribution is 2.31. The summed E-state index contributed by atoms with van der Waals surface area (Å²) in [4.78, 5) is 12.6. The fourth-order valence-electron chi connectivity index (χ4n) is 2.32. The highest BCUT2D eigenvalue weighted by Gasteiger charge is 2.38. The zero-order chi connectivity index (χ0) is 18.2. The number of alkyl halides is 3. The molecule has 0 saturated carbocycles. The van der Waals surface area contributed by atoms with Crippen LogP contribution >= 0.6 is 11.8 Å². The maximum Gasteiger partial charge on any atom is 0.451 e. The summed E-state index contributed by atoms with van der Waals surface area (Å²) >= 11 is 0.969. The molecule has 2 rings (SSSR count). The number of carbonyl (C=O) groups is 1. The Bertz CT molecular complexity index is 784. The molecule has 1 atom stereocenters. The fraction of sp³-hybridized carbons (Fsp3) is 0.438. The van der Waals surface area contributed by atoms with Crippen molar-refractivity contribution in [2.45, 2.75) is 44.3 Å². The standard InChI is InChI=1S/C16H18F3N3OS/c1-8-6-10(3)12(7-9(8)2)13(23)11(4)24-15-21-20-14(22(15)5)16(17,18)19/h6-7,11H,1-5H3. The molecule has 0 amide bonds. The van der Waals surface area contributed by atoms with Gasteiger partial charge in [0.2, 0.25) is 5.82 Å². The molecule has 1 heterocycles. The first-order chi connectivity index (χ1) is 11.0. The van der Waals surface area contributed by atoms with Crippen LogP contribution in [0.5, 0.6) is 0 Å². The van der Waals surface area contributed by atoms with Crippen molar-refractivity contribution in [1.29, 1.82) is 0 Å². The van der Waals surface area contributed by atoms with E-state index in [4.69, 9.17) is 0 Å². The molecular formula is C16H18F3N3OS. The number of benzene rings is 1. The number of hydrogen-bond acceptors (Lipinski definition) is 4. The summed E-state index contributed by atoms with van der Waals surface area (Å²) in [5, 5.41) is 6.21. The fourth-order valence-corrected chi connectivity index (χ4v) is 3.20. The van der Waals surface area contributed by atoms with Gasteiger partial charge in [0.25, 0.3) is 0 Å². The first-order valence-electron chi connectivity index (χ1n) is 7.27. The van der Waals surface area contributed by atoms with Crippen LogP contribution in [0.3, 0.4) is 0 Å². The van der Waals surface area contributed by atoms with Crippen molar-refractivity contribution < 1.29 is 18.0 Å². The van der Waals surface area contributed by atoms with Gasteiger partial charge in [-0.2, -0.15) is 13.2 Å². The minimum Gasteiger partial charge on any atom is -0.302 e. The molecule has 1 aromatic carbocycles. The zero-order valence-corrected chi connectivity index (χ0v) is 14.8. The molecule has 8 heteroatoms. The predicted molar refractivity (Wildman–Crippen MR) is 86.3 cm³/mol. The summed E-state index contributed by atoms with van der Waals surface area (Å²) in [6, 6.07) is 3.76. The molecule has 0 fully saturated rings. The molecule has 0 radical (unpaired) electrons. The monoisotopic (exact) mass is 357 g/mol. The van der Waals surface area contributed by atoms with Crippen LogP contribution in [0.4, 0.5) is 13.2 Å². The van der Waals surface area contributed by atoms with Crippen molar-refractivity contribution in [3.63, 3.8) is 0 Å². The maximum atomic E-state index is 12.8. The number of aromatic nitrogens is 3. The molecular weight excluding hydrogens is 339 g/mol. The minimum atomic E-state index is -4.57. The van der Waals surface area contributed by atoms with Crippen LogP contribution in [0, 0.1) is 20.8 Å². The first-order valence-corrected chi connectivity index (χ1v) is 8.15. The molecule has 2 aromatic rings. The normalized spacial score (nSPS) is 13.2. The lowest BCUT2D eigenvalue weighted by molar-refractivity contribution is -0.147. The third-order valence-electron chi connectivity index (χ3n) is 3.85. The number of ketones is 1. The van der Waals surface area contributed by atoms with Crippen LogP contribution in [0.15, 0.2) is 17.3 Å². The van der Waals surface area contributed by atoms with E-state index in [1.54, 1.807) is 6.92 Å². The Hall–Kier alpha value is -1.83. The number of hydrogen-bond donors (Lipinski definition) is 0. The van der Waals surface area contributed by atoms with Gasteiger partial charge in [0.1, 0.15) is 0 Å². The molecule has 0 N–H and O–H groups in total. The summed E-state index contributed by atoms with van der Waals surface area (Å²) in [5.41, 5.74) is 3.52. The van der Waals surface area contributed by atoms with E-state index < -0.39 is 17.3 Å². The van der Waals surface area contributed by atoms with E-state index in [2.05, 4.69) is 10.2 Å². The third-order valence-corrected chi connectivity index (χ3v) is 4.98. The van der Waals surface area contributed by atoms with Gasteiger partial charge in [0.05, 0.1) is 5.25 Å². The van der Waals surface area contributed by atoms with Gasteiger partial charge >= 0.3 is 6.18 Å². The second-order valence-corrected chi connectivity index (χ2v) is 7.05. The van der Waals surface area contributed by atoms with E-state index in [0.29, 0.717) is 5.56 Å². The summed E-state index contributed by atoms with van der Waals surface area (Å²) in [6.45, 7) is 7.39. The van der Waals surface area contributed by atoms with Crippen LogP contribution in [0.25, 0.3) is 0 Å². The van der Waals surface area contributed by atoms with Crippen molar-refractivity contribution in [2.75, 3.05) is 0 Å². The number of halogens is 3. The van der Waals surface area contributed by atoms with Gasteiger partial charge in [-0.25, -0.2) is 0 Å². The quantitative estimate of drug-likeness (QED) is 0.610. The Morgan fingerprint density at radius 3 is 2.25 bits per heavy atom. The topological polar surface area (TPSA) is 47.8 Å². The largest absolute Gasteiger partial charge is 0.451 e. The number of nitrogens with zero attached hydrogens (tertiary/aromatic N) is 3. The first kappa shape index (κ1) is 18.5. The van der Waals surface area contributed by atoms with Crippen molar-refractivity contribution in [3.05, 3.63) is 40.2 Å². The summed E-state index contributed by atoms with van der Waals surface area (Å²) in [5.74, 6) is -1.22. The average Bonchev–Trinajstić information content (AvgIpc) is 2.83. The summed E-state index contributed by atoms with van der Waals surface area (Å²) in [7, 11) is 1.24. The smallest absolute Gasteiger partial charge is 0.302 e. The van der Waals surface area contributed by atoms with E-state index in [9.17, 15) is 18.0 Å². The number of Topliss-reactive ketones (excluding diaryl/α,β-unsaturated/α-hetero) is 1. The zero-order valence-electron chi connectivity index (χ0n) is 14.0. The third kappa shape index (κ3) is 3.63. The minimum absolute atomic E-state index is 0.0599. The molecule has 0 bridgehead atoms. The Labute approximate surface area is 142 Å². The van der Waals surface area contributed by atoms with Crippen LogP contribution in [-0.4, -0.2) is 25.8 Å². The predicted octanol–water partition coefficient (Wildman–Crippen LogP) is 4.12. The van der Waals surface area contributed by atoms with Gasteiger partial charge in [-0.3, -0.25) is 4.79 Å². The van der Waals surface area contributed by atoms with E-state index in [-0.39, 0.29) is 10.9 Å². The Morgan fingerprint density at radius 1 is 1.12 bits per heavy atom. The molecule has 0 spiro atoms. The highest BCUT2D eigenvalue weighted by molar-refractivity contribution is 8.00. The molecule has 24 heavy (non-hydrogen) atoms. The van der Waals surface area contributed by atoms with Gasteiger partial charge in [0, 0.05) is 12.6 Å². The van der Waals surface area contributed by atoms with Gasteiger partial charge in [0.15, 0.2) is 10.9 Å². The second kappa shape index (κ2) is 6.58. The number of carbonyl (C=O) groups excluding carboxylic acids is 1. The Kier molecular flexibility index (Phi) is 5.08. The lowest BCUT2D eigenvalue weighted by Gasteiger charge is -2.14.